The van der Waals surface area contributed by atoms with Crippen LogP contribution in [-0.2, 0) is 6.54 Å². The van der Waals surface area contributed by atoms with E-state index in [9.17, 15) is 9.90 Å². The summed E-state index contributed by atoms with van der Waals surface area (Å²) >= 11 is 0. The third-order valence-electron chi connectivity index (χ3n) is 2.97. The first-order chi connectivity index (χ1) is 9.10. The molecule has 0 aliphatic rings. The first-order valence-electron chi connectivity index (χ1n) is 6.24. The fourth-order valence-electron chi connectivity index (χ4n) is 1.84. The summed E-state index contributed by atoms with van der Waals surface area (Å²) < 4.78 is 5.18. The number of aliphatic hydroxyl groups excluding tert-OH is 1. The molecule has 0 aliphatic heterocycles. The van der Waals surface area contributed by atoms with Gasteiger partial charge in [0.1, 0.15) is 5.58 Å². The van der Waals surface area contributed by atoms with Gasteiger partial charge >= 0.3 is 5.97 Å². The van der Waals surface area contributed by atoms with Crippen molar-refractivity contribution in [1.29, 1.82) is 0 Å². The molecule has 0 aliphatic carbocycles. The molecule has 0 bridgehead atoms. The number of carboxylic acids is 1. The SMILES string of the molecule is CCC(O)CNCc1ccc2oc(C(=O)O)cc2c1. The second kappa shape index (κ2) is 5.86. The van der Waals surface area contributed by atoms with Gasteiger partial charge in [0, 0.05) is 18.5 Å². The second-order valence-electron chi connectivity index (χ2n) is 4.48. The molecule has 2 rings (SSSR count). The summed E-state index contributed by atoms with van der Waals surface area (Å²) in [5.41, 5.74) is 1.59. The summed E-state index contributed by atoms with van der Waals surface area (Å²) in [6, 6.07) is 7.04. The van der Waals surface area contributed by atoms with Gasteiger partial charge in [0.2, 0.25) is 5.76 Å². The van der Waals surface area contributed by atoms with Crippen LogP contribution in [0.4, 0.5) is 0 Å². The minimum atomic E-state index is -1.07. The second-order valence-corrected chi connectivity index (χ2v) is 4.48. The van der Waals surface area contributed by atoms with E-state index in [0.717, 1.165) is 17.4 Å². The van der Waals surface area contributed by atoms with Gasteiger partial charge in [-0.05, 0) is 30.2 Å². The number of furan rings is 1. The molecule has 5 heteroatoms. The van der Waals surface area contributed by atoms with Gasteiger partial charge in [-0.2, -0.15) is 0 Å². The Morgan fingerprint density at radius 2 is 2.21 bits per heavy atom. The zero-order valence-electron chi connectivity index (χ0n) is 10.7. The van der Waals surface area contributed by atoms with Crippen molar-refractivity contribution in [2.75, 3.05) is 6.54 Å². The lowest BCUT2D eigenvalue weighted by Gasteiger charge is -2.09. The van der Waals surface area contributed by atoms with E-state index in [1.165, 1.54) is 6.07 Å². The van der Waals surface area contributed by atoms with Crippen LogP contribution in [0.5, 0.6) is 0 Å². The quantitative estimate of drug-likeness (QED) is 0.742. The average molecular weight is 263 g/mol. The molecule has 1 aromatic carbocycles. The smallest absolute Gasteiger partial charge is 0.371 e. The van der Waals surface area contributed by atoms with Crippen LogP contribution >= 0.6 is 0 Å². The van der Waals surface area contributed by atoms with E-state index >= 15 is 0 Å². The Morgan fingerprint density at radius 3 is 2.89 bits per heavy atom. The van der Waals surface area contributed by atoms with Crippen LogP contribution in [0.2, 0.25) is 0 Å². The summed E-state index contributed by atoms with van der Waals surface area (Å²) in [4.78, 5) is 10.8. The van der Waals surface area contributed by atoms with Gasteiger partial charge in [-0.1, -0.05) is 13.0 Å². The van der Waals surface area contributed by atoms with Crippen LogP contribution in [0.15, 0.2) is 28.7 Å². The fraction of sp³-hybridized carbons (Fsp3) is 0.357. The molecule has 2 aromatic rings. The molecule has 1 heterocycles. The molecule has 0 saturated heterocycles. The van der Waals surface area contributed by atoms with E-state index in [-0.39, 0.29) is 11.9 Å². The lowest BCUT2D eigenvalue weighted by atomic mass is 10.1. The topological polar surface area (TPSA) is 82.7 Å². The number of aromatic carboxylic acids is 1. The van der Waals surface area contributed by atoms with Crippen molar-refractivity contribution in [3.63, 3.8) is 0 Å². The Morgan fingerprint density at radius 1 is 1.42 bits per heavy atom. The van der Waals surface area contributed by atoms with E-state index in [2.05, 4.69) is 5.32 Å². The van der Waals surface area contributed by atoms with Crippen molar-refractivity contribution in [3.05, 3.63) is 35.6 Å². The van der Waals surface area contributed by atoms with Crippen LogP contribution in [0, 0.1) is 0 Å². The monoisotopic (exact) mass is 263 g/mol. The number of rotatable bonds is 6. The first kappa shape index (κ1) is 13.6. The van der Waals surface area contributed by atoms with E-state index < -0.39 is 5.97 Å². The Kier molecular flexibility index (Phi) is 4.19. The maximum absolute atomic E-state index is 10.8. The van der Waals surface area contributed by atoms with Crippen LogP contribution in [0.1, 0.15) is 29.5 Å². The molecule has 0 radical (unpaired) electrons. The highest BCUT2D eigenvalue weighted by Gasteiger charge is 2.10. The number of hydrogen-bond donors (Lipinski definition) is 3. The summed E-state index contributed by atoms with van der Waals surface area (Å²) in [6.45, 7) is 3.10. The molecular weight excluding hydrogens is 246 g/mol. The van der Waals surface area contributed by atoms with Crippen molar-refractivity contribution in [3.8, 4) is 0 Å². The first-order valence-corrected chi connectivity index (χ1v) is 6.24. The highest BCUT2D eigenvalue weighted by Crippen LogP contribution is 2.20. The maximum Gasteiger partial charge on any atom is 0.371 e. The summed E-state index contributed by atoms with van der Waals surface area (Å²) in [5.74, 6) is -1.12. The number of aliphatic hydroxyl groups is 1. The molecule has 5 nitrogen and oxygen atoms in total. The van der Waals surface area contributed by atoms with Gasteiger partial charge in [-0.15, -0.1) is 0 Å². The zero-order valence-corrected chi connectivity index (χ0v) is 10.7. The Bertz CT molecular complexity index is 576. The lowest BCUT2D eigenvalue weighted by Crippen LogP contribution is -2.25. The highest BCUT2D eigenvalue weighted by molar-refractivity contribution is 5.91. The molecule has 19 heavy (non-hydrogen) atoms. The van der Waals surface area contributed by atoms with Crippen LogP contribution < -0.4 is 5.32 Å². The van der Waals surface area contributed by atoms with Gasteiger partial charge in [-0.25, -0.2) is 4.79 Å². The van der Waals surface area contributed by atoms with Crippen molar-refractivity contribution in [1.82, 2.24) is 5.32 Å². The molecule has 0 spiro atoms. The van der Waals surface area contributed by atoms with Gasteiger partial charge < -0.3 is 19.9 Å². The summed E-state index contributed by atoms with van der Waals surface area (Å²) in [6.07, 6.45) is 0.381. The van der Waals surface area contributed by atoms with E-state index in [4.69, 9.17) is 9.52 Å². The standard InChI is InChI=1S/C14H17NO4/c1-2-11(16)8-15-7-9-3-4-12-10(5-9)6-13(19-12)14(17)18/h3-6,11,15-16H,2,7-8H2,1H3,(H,17,18). The molecule has 1 unspecified atom stereocenters. The predicted octanol–water partition coefficient (Wildman–Crippen LogP) is 1.99. The molecule has 0 fully saturated rings. The molecule has 3 N–H and O–H groups in total. The number of fused-ring (bicyclic) bond motifs is 1. The number of nitrogens with one attached hydrogen (secondary N) is 1. The number of benzene rings is 1. The van der Waals surface area contributed by atoms with Crippen LogP contribution in [0.3, 0.4) is 0 Å². The molecule has 1 atom stereocenters. The predicted molar refractivity (Wildman–Crippen MR) is 71.2 cm³/mol. The number of carboxylic acid groups (broad SMARTS) is 1. The van der Waals surface area contributed by atoms with E-state index in [1.807, 2.05) is 19.1 Å². The molecular formula is C14H17NO4. The third-order valence-corrected chi connectivity index (χ3v) is 2.97. The van der Waals surface area contributed by atoms with Gasteiger partial charge in [-0.3, -0.25) is 0 Å². The maximum atomic E-state index is 10.8. The summed E-state index contributed by atoms with van der Waals surface area (Å²) in [5, 5.41) is 22.2. The Balaban J connectivity index is 2.06. The lowest BCUT2D eigenvalue weighted by molar-refractivity contribution is 0.0665. The average Bonchev–Trinajstić information content (AvgIpc) is 2.81. The number of hydrogen-bond acceptors (Lipinski definition) is 4. The van der Waals surface area contributed by atoms with Crippen molar-refractivity contribution < 1.29 is 19.4 Å². The van der Waals surface area contributed by atoms with Crippen molar-refractivity contribution in [2.24, 2.45) is 0 Å². The number of carbonyl (C=O) groups is 1. The van der Waals surface area contributed by atoms with E-state index in [1.54, 1.807) is 6.07 Å². The van der Waals surface area contributed by atoms with Gasteiger partial charge in [0.15, 0.2) is 0 Å². The van der Waals surface area contributed by atoms with Crippen molar-refractivity contribution in [2.45, 2.75) is 26.0 Å². The van der Waals surface area contributed by atoms with Gasteiger partial charge in [0.05, 0.1) is 6.10 Å². The third kappa shape index (κ3) is 3.33. The molecule has 0 amide bonds. The Hall–Kier alpha value is -1.85. The Labute approximate surface area is 110 Å². The van der Waals surface area contributed by atoms with Crippen molar-refractivity contribution >= 4 is 16.9 Å². The minimum Gasteiger partial charge on any atom is -0.475 e. The highest BCUT2D eigenvalue weighted by atomic mass is 16.4. The largest absolute Gasteiger partial charge is 0.475 e. The molecule has 0 saturated carbocycles. The minimum absolute atomic E-state index is 0.0542. The molecule has 1 aromatic heterocycles. The van der Waals surface area contributed by atoms with Crippen LogP contribution in [-0.4, -0.2) is 28.8 Å². The fourth-order valence-corrected chi connectivity index (χ4v) is 1.84. The normalized spacial score (nSPS) is 12.7. The van der Waals surface area contributed by atoms with Crippen LogP contribution in [0.25, 0.3) is 11.0 Å². The summed E-state index contributed by atoms with van der Waals surface area (Å²) in [7, 11) is 0. The van der Waals surface area contributed by atoms with E-state index in [0.29, 0.717) is 18.7 Å². The zero-order chi connectivity index (χ0) is 13.8. The molecule has 102 valence electrons. The van der Waals surface area contributed by atoms with Gasteiger partial charge in [0.25, 0.3) is 0 Å².